The highest BCUT2D eigenvalue weighted by atomic mass is 19.1. The van der Waals surface area contributed by atoms with Crippen LogP contribution in [0.2, 0.25) is 0 Å². The van der Waals surface area contributed by atoms with Crippen LogP contribution in [0.15, 0.2) is 48.5 Å². The van der Waals surface area contributed by atoms with Crippen LogP contribution in [0.25, 0.3) is 0 Å². The molecule has 0 saturated heterocycles. The molecule has 2 aromatic rings. The Morgan fingerprint density at radius 2 is 1.68 bits per heavy atom. The van der Waals surface area contributed by atoms with Crippen LogP contribution >= 0.6 is 0 Å². The van der Waals surface area contributed by atoms with Crippen molar-refractivity contribution in [2.24, 2.45) is 0 Å². The van der Waals surface area contributed by atoms with Crippen LogP contribution in [-0.2, 0) is 9.59 Å². The first-order chi connectivity index (χ1) is 11.9. The molecule has 0 unspecified atom stereocenters. The van der Waals surface area contributed by atoms with E-state index in [9.17, 15) is 18.4 Å². The largest absolute Gasteiger partial charge is 0.325 e. The van der Waals surface area contributed by atoms with Gasteiger partial charge in [-0.25, -0.2) is 8.78 Å². The van der Waals surface area contributed by atoms with Gasteiger partial charge in [-0.3, -0.25) is 14.5 Å². The third kappa shape index (κ3) is 5.36. The van der Waals surface area contributed by atoms with Gasteiger partial charge in [0.15, 0.2) is 0 Å². The minimum atomic E-state index is -0.654. The first-order valence-corrected chi connectivity index (χ1v) is 7.68. The van der Waals surface area contributed by atoms with E-state index in [-0.39, 0.29) is 18.1 Å². The van der Waals surface area contributed by atoms with E-state index < -0.39 is 23.6 Å². The van der Waals surface area contributed by atoms with Crippen molar-refractivity contribution in [1.29, 1.82) is 0 Å². The highest BCUT2D eigenvalue weighted by Gasteiger charge is 2.21. The lowest BCUT2D eigenvalue weighted by atomic mass is 10.2. The maximum absolute atomic E-state index is 13.6. The molecular weight excluding hydrogens is 328 g/mol. The summed E-state index contributed by atoms with van der Waals surface area (Å²) in [5, 5.41) is 5.10. The van der Waals surface area contributed by atoms with Gasteiger partial charge in [0.1, 0.15) is 11.6 Å². The number of hydrogen-bond donors (Lipinski definition) is 2. The number of hydrogen-bond acceptors (Lipinski definition) is 3. The Kier molecular flexibility index (Phi) is 6.19. The van der Waals surface area contributed by atoms with Crippen molar-refractivity contribution in [2.75, 3.05) is 24.2 Å². The van der Waals surface area contributed by atoms with Gasteiger partial charge < -0.3 is 10.6 Å². The summed E-state index contributed by atoms with van der Waals surface area (Å²) < 4.78 is 26.4. The summed E-state index contributed by atoms with van der Waals surface area (Å²) in [4.78, 5) is 25.7. The number of benzene rings is 2. The fourth-order valence-corrected chi connectivity index (χ4v) is 2.10. The highest BCUT2D eigenvalue weighted by Crippen LogP contribution is 2.13. The van der Waals surface area contributed by atoms with Crippen molar-refractivity contribution in [2.45, 2.75) is 13.0 Å². The number of rotatable bonds is 6. The number of halogens is 2. The maximum atomic E-state index is 13.6. The van der Waals surface area contributed by atoms with Crippen molar-refractivity contribution in [3.63, 3.8) is 0 Å². The van der Waals surface area contributed by atoms with Crippen LogP contribution in [0.4, 0.5) is 20.2 Å². The second kappa shape index (κ2) is 8.34. The molecular formula is C18H19F2N3O2. The fourth-order valence-electron chi connectivity index (χ4n) is 2.10. The third-order valence-electron chi connectivity index (χ3n) is 3.69. The van der Waals surface area contributed by atoms with Crippen molar-refractivity contribution < 1.29 is 18.4 Å². The molecule has 0 aliphatic carbocycles. The number of anilines is 2. The second-order valence-corrected chi connectivity index (χ2v) is 5.62. The quantitative estimate of drug-likeness (QED) is 0.845. The van der Waals surface area contributed by atoms with Crippen molar-refractivity contribution in [3.05, 3.63) is 60.2 Å². The smallest absolute Gasteiger partial charge is 0.241 e. The monoisotopic (exact) mass is 347 g/mol. The highest BCUT2D eigenvalue weighted by molar-refractivity contribution is 5.96. The first kappa shape index (κ1) is 18.5. The summed E-state index contributed by atoms with van der Waals surface area (Å²) in [5.41, 5.74) is 0.548. The zero-order valence-electron chi connectivity index (χ0n) is 13.9. The Bertz CT molecular complexity index is 750. The number of para-hydroxylation sites is 1. The fraction of sp³-hybridized carbons (Fsp3) is 0.222. The van der Waals surface area contributed by atoms with E-state index in [1.807, 2.05) is 0 Å². The van der Waals surface area contributed by atoms with E-state index in [0.29, 0.717) is 5.69 Å². The van der Waals surface area contributed by atoms with Gasteiger partial charge >= 0.3 is 0 Å². The van der Waals surface area contributed by atoms with Crippen LogP contribution < -0.4 is 10.6 Å². The van der Waals surface area contributed by atoms with Gasteiger partial charge in [0, 0.05) is 5.69 Å². The molecule has 0 radical (unpaired) electrons. The molecule has 0 aromatic heterocycles. The predicted octanol–water partition coefficient (Wildman–Crippen LogP) is 2.86. The minimum absolute atomic E-state index is 0.0523. The average Bonchev–Trinajstić information content (AvgIpc) is 2.58. The summed E-state index contributed by atoms with van der Waals surface area (Å²) in [6.45, 7) is 1.56. The molecule has 0 fully saturated rings. The third-order valence-corrected chi connectivity index (χ3v) is 3.69. The summed E-state index contributed by atoms with van der Waals surface area (Å²) in [7, 11) is 1.61. The molecule has 132 valence electrons. The van der Waals surface area contributed by atoms with Crippen molar-refractivity contribution in [1.82, 2.24) is 4.90 Å². The Morgan fingerprint density at radius 3 is 2.32 bits per heavy atom. The van der Waals surface area contributed by atoms with E-state index in [0.717, 1.165) is 0 Å². The van der Waals surface area contributed by atoms with Crippen LogP contribution in [0.5, 0.6) is 0 Å². The first-order valence-electron chi connectivity index (χ1n) is 7.68. The average molecular weight is 347 g/mol. The molecule has 0 bridgehead atoms. The van der Waals surface area contributed by atoms with Gasteiger partial charge in [0.2, 0.25) is 11.8 Å². The summed E-state index contributed by atoms with van der Waals surface area (Å²) in [6, 6.07) is 10.6. The molecule has 0 saturated carbocycles. The van der Waals surface area contributed by atoms with E-state index in [4.69, 9.17) is 0 Å². The number of carbonyl (C=O) groups excluding carboxylic acids is 2. The van der Waals surface area contributed by atoms with Gasteiger partial charge in [-0.2, -0.15) is 0 Å². The van der Waals surface area contributed by atoms with E-state index in [1.165, 1.54) is 47.4 Å². The second-order valence-electron chi connectivity index (χ2n) is 5.62. The van der Waals surface area contributed by atoms with Gasteiger partial charge in [-0.1, -0.05) is 12.1 Å². The molecule has 2 N–H and O–H groups in total. The molecule has 25 heavy (non-hydrogen) atoms. The minimum Gasteiger partial charge on any atom is -0.325 e. The van der Waals surface area contributed by atoms with Crippen molar-refractivity contribution >= 4 is 23.2 Å². The summed E-state index contributed by atoms with van der Waals surface area (Å²) >= 11 is 0. The van der Waals surface area contributed by atoms with Crippen molar-refractivity contribution in [3.8, 4) is 0 Å². The maximum Gasteiger partial charge on any atom is 0.241 e. The lowest BCUT2D eigenvalue weighted by molar-refractivity contribution is -0.122. The molecule has 2 aromatic carbocycles. The van der Waals surface area contributed by atoms with Gasteiger partial charge in [-0.15, -0.1) is 0 Å². The molecule has 7 heteroatoms. The molecule has 1 atom stereocenters. The SMILES string of the molecule is C[C@@H](C(=O)Nc1ccccc1F)N(C)CC(=O)Nc1ccc(F)cc1. The molecule has 0 aliphatic heterocycles. The van der Waals surface area contributed by atoms with Crippen LogP contribution in [-0.4, -0.2) is 36.3 Å². The summed E-state index contributed by atoms with van der Waals surface area (Å²) in [5.74, 6) is -1.70. The molecule has 0 spiro atoms. The Balaban J connectivity index is 1.89. The van der Waals surface area contributed by atoms with Gasteiger partial charge in [0.25, 0.3) is 0 Å². The van der Waals surface area contributed by atoms with Crippen LogP contribution in [0, 0.1) is 11.6 Å². The normalized spacial score (nSPS) is 11.9. The predicted molar refractivity (Wildman–Crippen MR) is 92.2 cm³/mol. The van der Waals surface area contributed by atoms with E-state index in [1.54, 1.807) is 20.0 Å². The molecule has 0 heterocycles. The molecule has 5 nitrogen and oxygen atoms in total. The van der Waals surface area contributed by atoms with Gasteiger partial charge in [0.05, 0.1) is 18.3 Å². The standard InChI is InChI=1S/C18H19F2N3O2/c1-12(18(25)22-16-6-4-3-5-15(16)20)23(2)11-17(24)21-14-9-7-13(19)8-10-14/h3-10,12H,11H2,1-2H3,(H,21,24)(H,22,25)/t12-/m0/s1. The number of amides is 2. The lowest BCUT2D eigenvalue weighted by Gasteiger charge is -2.23. The number of nitrogens with one attached hydrogen (secondary N) is 2. The summed E-state index contributed by atoms with van der Waals surface area (Å²) in [6.07, 6.45) is 0. The topological polar surface area (TPSA) is 61.4 Å². The zero-order chi connectivity index (χ0) is 18.4. The number of carbonyl (C=O) groups is 2. The van der Waals surface area contributed by atoms with Crippen LogP contribution in [0.3, 0.4) is 0 Å². The van der Waals surface area contributed by atoms with Gasteiger partial charge in [-0.05, 0) is 50.4 Å². The number of nitrogens with zero attached hydrogens (tertiary/aromatic N) is 1. The Hall–Kier alpha value is -2.80. The molecule has 0 aliphatic rings. The van der Waals surface area contributed by atoms with Crippen LogP contribution in [0.1, 0.15) is 6.92 Å². The Morgan fingerprint density at radius 1 is 1.04 bits per heavy atom. The Labute approximate surface area is 144 Å². The molecule has 2 amide bonds. The van der Waals surface area contributed by atoms with E-state index >= 15 is 0 Å². The lowest BCUT2D eigenvalue weighted by Crippen LogP contribution is -2.43. The zero-order valence-corrected chi connectivity index (χ0v) is 13.9. The number of likely N-dealkylation sites (N-methyl/N-ethyl adjacent to an activating group) is 1. The molecule has 2 rings (SSSR count). The van der Waals surface area contributed by atoms with E-state index in [2.05, 4.69) is 10.6 Å².